The van der Waals surface area contributed by atoms with Crippen LogP contribution < -0.4 is 4.90 Å². The van der Waals surface area contributed by atoms with E-state index < -0.39 is 0 Å². The predicted molar refractivity (Wildman–Crippen MR) is 223 cm³/mol. The zero-order valence-corrected chi connectivity index (χ0v) is 30.7. The van der Waals surface area contributed by atoms with Crippen molar-refractivity contribution in [3.8, 4) is 16.8 Å². The second kappa shape index (κ2) is 11.7. The van der Waals surface area contributed by atoms with Crippen LogP contribution in [0.4, 0.5) is 17.1 Å². The Labute approximate surface area is 310 Å². The normalized spacial score (nSPS) is 14.9. The Hall–Kier alpha value is -6.06. The van der Waals surface area contributed by atoms with Crippen LogP contribution in [0.3, 0.4) is 0 Å². The van der Waals surface area contributed by atoms with Gasteiger partial charge < -0.3 is 13.9 Å². The molecule has 2 heterocycles. The fourth-order valence-corrected chi connectivity index (χ4v) is 8.90. The Balaban J connectivity index is 1.22. The average molecular weight is 687 g/mol. The maximum Gasteiger partial charge on any atom is 0.137 e. The first-order valence-electron chi connectivity index (χ1n) is 18.8. The molecule has 3 heteroatoms. The van der Waals surface area contributed by atoms with Crippen LogP contribution in [-0.2, 0) is 10.8 Å². The third-order valence-corrected chi connectivity index (χ3v) is 11.9. The highest BCUT2D eigenvalue weighted by Crippen LogP contribution is 2.48. The van der Waals surface area contributed by atoms with Crippen molar-refractivity contribution in [2.45, 2.75) is 51.4 Å². The molecule has 0 radical (unpaired) electrons. The first-order valence-corrected chi connectivity index (χ1v) is 18.8. The molecule has 10 rings (SSSR count). The van der Waals surface area contributed by atoms with Crippen molar-refractivity contribution in [2.24, 2.45) is 0 Å². The molecule has 7 aromatic carbocycles. The van der Waals surface area contributed by atoms with Gasteiger partial charge in [-0.1, -0.05) is 119 Å². The number of furan rings is 1. The van der Waals surface area contributed by atoms with E-state index in [-0.39, 0.29) is 10.8 Å². The van der Waals surface area contributed by atoms with Crippen LogP contribution in [0.15, 0.2) is 162 Å². The second-order valence-corrected chi connectivity index (χ2v) is 16.0. The molecule has 0 unspecified atom stereocenters. The smallest absolute Gasteiger partial charge is 0.137 e. The zero-order valence-electron chi connectivity index (χ0n) is 30.7. The van der Waals surface area contributed by atoms with Crippen molar-refractivity contribution >= 4 is 60.8 Å². The molecule has 0 atom stereocenters. The number of rotatable bonds is 5. The number of hydrogen-bond donors (Lipinski definition) is 0. The molecule has 3 nitrogen and oxygen atoms in total. The van der Waals surface area contributed by atoms with Crippen LogP contribution in [0.25, 0.3) is 60.6 Å². The van der Waals surface area contributed by atoms with Crippen LogP contribution >= 0.6 is 0 Å². The van der Waals surface area contributed by atoms with E-state index in [1.54, 1.807) is 0 Å². The Bertz CT molecular complexity index is 2830. The molecule has 0 bridgehead atoms. The maximum absolute atomic E-state index is 6.46. The lowest BCUT2D eigenvalue weighted by atomic mass is 9.63. The van der Waals surface area contributed by atoms with E-state index >= 15 is 0 Å². The minimum atomic E-state index is 0.114. The highest BCUT2D eigenvalue weighted by atomic mass is 16.3. The Kier molecular flexibility index (Phi) is 7.01. The lowest BCUT2D eigenvalue weighted by Crippen LogP contribution is -2.33. The van der Waals surface area contributed by atoms with E-state index in [1.807, 2.05) is 12.1 Å². The number of anilines is 3. The molecule has 0 fully saturated rings. The lowest BCUT2D eigenvalue weighted by molar-refractivity contribution is 0.332. The standard InChI is InChI=1S/C50H42N2O/c1-49(2)29-30-50(3,4)42-31-36(26-28-41(42)49)52-43-17-10-8-16-40(43)48-44(18-12-19-45(48)52)51(35-23-21-34(22-24-35)33-13-6-5-7-14-33)37-25-27-39-38-15-9-11-20-46(38)53-47(39)32-37/h5-28,31-32H,29-30H2,1-4H3. The number of hydrogen-bond acceptors (Lipinski definition) is 2. The van der Waals surface area contributed by atoms with E-state index in [1.165, 1.54) is 62.6 Å². The molecule has 0 N–H and O–H groups in total. The summed E-state index contributed by atoms with van der Waals surface area (Å²) in [7, 11) is 0. The zero-order chi connectivity index (χ0) is 35.9. The van der Waals surface area contributed by atoms with E-state index in [4.69, 9.17) is 4.42 Å². The summed E-state index contributed by atoms with van der Waals surface area (Å²) >= 11 is 0. The fraction of sp³-hybridized carbons (Fsp3) is 0.160. The van der Waals surface area contributed by atoms with Crippen molar-refractivity contribution in [2.75, 3.05) is 4.90 Å². The monoisotopic (exact) mass is 686 g/mol. The quantitative estimate of drug-likeness (QED) is 0.180. The number of benzene rings is 7. The minimum absolute atomic E-state index is 0.114. The van der Waals surface area contributed by atoms with E-state index in [0.717, 1.165) is 39.0 Å². The molecule has 0 saturated heterocycles. The van der Waals surface area contributed by atoms with Gasteiger partial charge in [0.1, 0.15) is 11.2 Å². The van der Waals surface area contributed by atoms with Gasteiger partial charge in [0.05, 0.1) is 16.7 Å². The van der Waals surface area contributed by atoms with Crippen LogP contribution in [0, 0.1) is 0 Å². The summed E-state index contributed by atoms with van der Waals surface area (Å²) in [5, 5.41) is 4.70. The van der Waals surface area contributed by atoms with Gasteiger partial charge in [-0.3, -0.25) is 0 Å². The minimum Gasteiger partial charge on any atom is -0.456 e. The van der Waals surface area contributed by atoms with Gasteiger partial charge in [-0.25, -0.2) is 0 Å². The summed E-state index contributed by atoms with van der Waals surface area (Å²) in [6.07, 6.45) is 2.38. The van der Waals surface area contributed by atoms with Gasteiger partial charge in [0.2, 0.25) is 0 Å². The number of fused-ring (bicyclic) bond motifs is 7. The van der Waals surface area contributed by atoms with Crippen molar-refractivity contribution < 1.29 is 4.42 Å². The first kappa shape index (κ1) is 31.7. The van der Waals surface area contributed by atoms with Gasteiger partial charge in [0.25, 0.3) is 0 Å². The molecule has 53 heavy (non-hydrogen) atoms. The molecule has 2 aromatic heterocycles. The molecular weight excluding hydrogens is 645 g/mol. The number of nitrogens with zero attached hydrogens (tertiary/aromatic N) is 2. The molecular formula is C50H42N2O. The van der Waals surface area contributed by atoms with Gasteiger partial charge in [-0.15, -0.1) is 0 Å². The Morgan fingerprint density at radius 3 is 1.94 bits per heavy atom. The third-order valence-electron chi connectivity index (χ3n) is 11.9. The highest BCUT2D eigenvalue weighted by molar-refractivity contribution is 6.17. The van der Waals surface area contributed by atoms with Gasteiger partial charge in [0, 0.05) is 44.7 Å². The van der Waals surface area contributed by atoms with Crippen molar-refractivity contribution in [1.29, 1.82) is 0 Å². The maximum atomic E-state index is 6.46. The van der Waals surface area contributed by atoms with Crippen LogP contribution in [0.1, 0.15) is 51.7 Å². The molecule has 0 saturated carbocycles. The van der Waals surface area contributed by atoms with E-state index in [9.17, 15) is 0 Å². The van der Waals surface area contributed by atoms with E-state index in [0.29, 0.717) is 0 Å². The molecule has 0 spiro atoms. The molecule has 0 amide bonds. The summed E-state index contributed by atoms with van der Waals surface area (Å²) in [5.74, 6) is 0. The Morgan fingerprint density at radius 2 is 1.13 bits per heavy atom. The summed E-state index contributed by atoms with van der Waals surface area (Å²) in [4.78, 5) is 2.40. The van der Waals surface area contributed by atoms with Crippen LogP contribution in [0.2, 0.25) is 0 Å². The second-order valence-electron chi connectivity index (χ2n) is 16.0. The number of aromatic nitrogens is 1. The first-order chi connectivity index (χ1) is 25.8. The van der Waals surface area contributed by atoms with Crippen LogP contribution in [-0.4, -0.2) is 4.57 Å². The average Bonchev–Trinajstić information content (AvgIpc) is 3.73. The number of para-hydroxylation sites is 2. The van der Waals surface area contributed by atoms with Gasteiger partial charge >= 0.3 is 0 Å². The third kappa shape index (κ3) is 5.02. The van der Waals surface area contributed by atoms with Gasteiger partial charge in [0.15, 0.2) is 0 Å². The van der Waals surface area contributed by atoms with Gasteiger partial charge in [-0.2, -0.15) is 0 Å². The largest absolute Gasteiger partial charge is 0.456 e. The van der Waals surface area contributed by atoms with Gasteiger partial charge in [-0.05, 0) is 107 Å². The van der Waals surface area contributed by atoms with E-state index in [2.05, 4.69) is 183 Å². The van der Waals surface area contributed by atoms with Crippen LogP contribution in [0.5, 0.6) is 0 Å². The topological polar surface area (TPSA) is 21.3 Å². The molecule has 0 aliphatic heterocycles. The Morgan fingerprint density at radius 1 is 0.491 bits per heavy atom. The lowest BCUT2D eigenvalue weighted by Gasteiger charge is -2.42. The SMILES string of the molecule is CC1(C)CCC(C)(C)c2cc(-n3c4ccccc4c4c(N(c5ccc(-c6ccccc6)cc5)c5ccc6c(c5)oc5ccccc56)cccc43)ccc21. The molecule has 1 aliphatic rings. The summed E-state index contributed by atoms with van der Waals surface area (Å²) < 4.78 is 8.94. The van der Waals surface area contributed by atoms with Crippen molar-refractivity contribution in [1.82, 2.24) is 4.57 Å². The molecule has 258 valence electrons. The summed E-state index contributed by atoms with van der Waals surface area (Å²) in [6, 6.07) is 57.4. The summed E-state index contributed by atoms with van der Waals surface area (Å²) in [5.41, 5.74) is 14.3. The van der Waals surface area contributed by atoms with Crippen molar-refractivity contribution in [3.05, 3.63) is 169 Å². The highest BCUT2D eigenvalue weighted by Gasteiger charge is 2.37. The van der Waals surface area contributed by atoms with Crippen molar-refractivity contribution in [3.63, 3.8) is 0 Å². The molecule has 1 aliphatic carbocycles. The molecule has 9 aromatic rings. The predicted octanol–water partition coefficient (Wildman–Crippen LogP) is 14.2. The summed E-state index contributed by atoms with van der Waals surface area (Å²) in [6.45, 7) is 9.62. The fourth-order valence-electron chi connectivity index (χ4n) is 8.90.